The molecule has 4 heteroatoms. The molecule has 2 atom stereocenters. The summed E-state index contributed by atoms with van der Waals surface area (Å²) in [6.07, 6.45) is 0.958. The number of ether oxygens (including phenoxy) is 1. The van der Waals surface area contributed by atoms with Crippen LogP contribution in [0.5, 0.6) is 0 Å². The van der Waals surface area contributed by atoms with Crippen LogP contribution in [0.3, 0.4) is 0 Å². The van der Waals surface area contributed by atoms with Crippen LogP contribution in [0.4, 0.5) is 0 Å². The van der Waals surface area contributed by atoms with Gasteiger partial charge in [0.05, 0.1) is 12.5 Å². The van der Waals surface area contributed by atoms with E-state index in [1.54, 1.807) is 0 Å². The number of cyclic esters (lactones) is 1. The zero-order valence-corrected chi connectivity index (χ0v) is 8.87. The molecule has 0 aromatic rings. The predicted molar refractivity (Wildman–Crippen MR) is 51.6 cm³/mol. The highest BCUT2D eigenvalue weighted by molar-refractivity contribution is 5.77. The van der Waals surface area contributed by atoms with E-state index in [0.717, 1.165) is 6.42 Å². The van der Waals surface area contributed by atoms with Crippen LogP contribution in [-0.4, -0.2) is 24.0 Å². The highest BCUT2D eigenvalue weighted by atomic mass is 16.6. The van der Waals surface area contributed by atoms with Crippen LogP contribution in [0.1, 0.15) is 33.6 Å². The van der Waals surface area contributed by atoms with Crippen LogP contribution in [0, 0.1) is 5.92 Å². The molecule has 0 saturated carbocycles. The molecule has 1 rings (SSSR count). The molecule has 1 fully saturated rings. The van der Waals surface area contributed by atoms with Gasteiger partial charge in [0.25, 0.3) is 0 Å². The lowest BCUT2D eigenvalue weighted by Gasteiger charge is -2.19. The summed E-state index contributed by atoms with van der Waals surface area (Å²) in [4.78, 5) is 21.9. The van der Waals surface area contributed by atoms with E-state index < -0.39 is 0 Å². The Labute approximate surface area is 84.0 Å². The van der Waals surface area contributed by atoms with E-state index in [4.69, 9.17) is 4.74 Å². The van der Waals surface area contributed by atoms with Crippen LogP contribution in [-0.2, 0) is 14.3 Å². The van der Waals surface area contributed by atoms with Gasteiger partial charge in [-0.15, -0.1) is 0 Å². The van der Waals surface area contributed by atoms with Gasteiger partial charge in [0.15, 0.2) is 0 Å². The van der Waals surface area contributed by atoms with Gasteiger partial charge in [-0.05, 0) is 12.3 Å². The smallest absolute Gasteiger partial charge is 0.308 e. The van der Waals surface area contributed by atoms with Crippen LogP contribution in [0.15, 0.2) is 0 Å². The summed E-state index contributed by atoms with van der Waals surface area (Å²) in [6.45, 7) is 5.59. The van der Waals surface area contributed by atoms with Crippen LogP contribution < -0.4 is 5.32 Å². The molecule has 0 aromatic heterocycles. The maximum Gasteiger partial charge on any atom is 0.308 e. The number of nitrogens with one attached hydrogen (secondary N) is 1. The van der Waals surface area contributed by atoms with Crippen molar-refractivity contribution in [3.8, 4) is 0 Å². The molecule has 1 N–H and O–H groups in total. The van der Waals surface area contributed by atoms with Crippen molar-refractivity contribution in [2.75, 3.05) is 0 Å². The highest BCUT2D eigenvalue weighted by Crippen LogP contribution is 2.21. The van der Waals surface area contributed by atoms with E-state index in [2.05, 4.69) is 19.2 Å². The third kappa shape index (κ3) is 3.01. The Balaban J connectivity index is 2.53. The molecule has 14 heavy (non-hydrogen) atoms. The first-order chi connectivity index (χ1) is 6.49. The molecule has 1 heterocycles. The van der Waals surface area contributed by atoms with E-state index in [-0.39, 0.29) is 24.0 Å². The molecule has 0 radical (unpaired) electrons. The molecule has 4 nitrogen and oxygen atoms in total. The maximum absolute atomic E-state index is 11.1. The summed E-state index contributed by atoms with van der Waals surface area (Å²) in [6, 6.07) is -0.137. The molecule has 0 unspecified atom stereocenters. The number of carbonyl (C=O) groups is 2. The van der Waals surface area contributed by atoms with Crippen molar-refractivity contribution >= 4 is 11.9 Å². The molecule has 0 bridgehead atoms. The fourth-order valence-corrected chi connectivity index (χ4v) is 1.69. The van der Waals surface area contributed by atoms with Crippen LogP contribution in [0.2, 0.25) is 0 Å². The quantitative estimate of drug-likeness (QED) is 0.686. The fourth-order valence-electron chi connectivity index (χ4n) is 1.69. The number of esters is 1. The Bertz CT molecular complexity index is 238. The molecule has 0 aromatic carbocycles. The lowest BCUT2D eigenvalue weighted by atomic mass is 10.00. The molecule has 80 valence electrons. The van der Waals surface area contributed by atoms with Crippen molar-refractivity contribution in [2.45, 2.75) is 45.8 Å². The molecule has 0 aliphatic carbocycles. The number of rotatable bonds is 3. The molecular weight excluding hydrogens is 182 g/mol. The number of hydrogen-bond donors (Lipinski definition) is 1. The van der Waals surface area contributed by atoms with Gasteiger partial charge in [0, 0.05) is 6.92 Å². The minimum Gasteiger partial charge on any atom is -0.460 e. The topological polar surface area (TPSA) is 55.4 Å². The third-order valence-corrected chi connectivity index (χ3v) is 2.21. The molecular formula is C10H17NO3. The van der Waals surface area contributed by atoms with Crippen LogP contribution in [0.25, 0.3) is 0 Å². The van der Waals surface area contributed by atoms with Gasteiger partial charge in [-0.2, -0.15) is 0 Å². The van der Waals surface area contributed by atoms with E-state index in [1.165, 1.54) is 6.92 Å². The predicted octanol–water partition coefficient (Wildman–Crippen LogP) is 0.853. The molecule has 0 spiro atoms. The Morgan fingerprint density at radius 3 is 2.79 bits per heavy atom. The van der Waals surface area contributed by atoms with Gasteiger partial charge in [-0.3, -0.25) is 9.59 Å². The summed E-state index contributed by atoms with van der Waals surface area (Å²) in [5, 5.41) is 2.74. The van der Waals surface area contributed by atoms with Crippen molar-refractivity contribution in [1.82, 2.24) is 5.32 Å². The first-order valence-electron chi connectivity index (χ1n) is 4.95. The second-order valence-electron chi connectivity index (χ2n) is 4.17. The Morgan fingerprint density at radius 1 is 1.64 bits per heavy atom. The van der Waals surface area contributed by atoms with Crippen molar-refractivity contribution in [3.63, 3.8) is 0 Å². The van der Waals surface area contributed by atoms with Crippen LogP contribution >= 0.6 is 0 Å². The zero-order valence-electron chi connectivity index (χ0n) is 8.87. The number of amides is 1. The fraction of sp³-hybridized carbons (Fsp3) is 0.800. The molecule has 1 aliphatic rings. The first-order valence-corrected chi connectivity index (χ1v) is 4.95. The average Bonchev–Trinajstić information content (AvgIpc) is 2.28. The summed E-state index contributed by atoms with van der Waals surface area (Å²) >= 11 is 0. The molecule has 1 saturated heterocycles. The average molecular weight is 199 g/mol. The minimum atomic E-state index is -0.214. The monoisotopic (exact) mass is 199 g/mol. The zero-order chi connectivity index (χ0) is 10.7. The van der Waals surface area contributed by atoms with Crippen molar-refractivity contribution in [2.24, 2.45) is 5.92 Å². The highest BCUT2D eigenvalue weighted by Gasteiger charge is 2.35. The SMILES string of the molecule is CC(=O)N[C@H]1CC(=O)O[C@@H]1CC(C)C. The third-order valence-electron chi connectivity index (χ3n) is 2.21. The number of hydrogen-bond acceptors (Lipinski definition) is 3. The Hall–Kier alpha value is -1.06. The van der Waals surface area contributed by atoms with Gasteiger partial charge in [0.1, 0.15) is 6.10 Å². The van der Waals surface area contributed by atoms with Gasteiger partial charge in [-0.1, -0.05) is 13.8 Å². The van der Waals surface area contributed by atoms with E-state index in [1.807, 2.05) is 0 Å². The molecule has 1 amide bonds. The lowest BCUT2D eigenvalue weighted by molar-refractivity contribution is -0.142. The van der Waals surface area contributed by atoms with Gasteiger partial charge in [-0.25, -0.2) is 0 Å². The van der Waals surface area contributed by atoms with Crippen molar-refractivity contribution in [1.29, 1.82) is 0 Å². The van der Waals surface area contributed by atoms with E-state index in [0.29, 0.717) is 12.3 Å². The standard InChI is InChI=1S/C10H17NO3/c1-6(2)4-9-8(11-7(3)12)5-10(13)14-9/h6,8-9H,4-5H2,1-3H3,(H,11,12)/t8-,9+/m0/s1. The van der Waals surface area contributed by atoms with E-state index >= 15 is 0 Å². The molecule has 1 aliphatic heterocycles. The second-order valence-corrected chi connectivity index (χ2v) is 4.17. The maximum atomic E-state index is 11.1. The normalized spacial score (nSPS) is 26.4. The Kier molecular flexibility index (Phi) is 3.49. The summed E-state index contributed by atoms with van der Waals surface area (Å²) < 4.78 is 5.13. The Morgan fingerprint density at radius 2 is 2.29 bits per heavy atom. The van der Waals surface area contributed by atoms with Gasteiger partial charge >= 0.3 is 5.97 Å². The first kappa shape index (κ1) is 11.0. The van der Waals surface area contributed by atoms with E-state index in [9.17, 15) is 9.59 Å². The summed E-state index contributed by atoms with van der Waals surface area (Å²) in [5.74, 6) is 0.138. The largest absolute Gasteiger partial charge is 0.460 e. The second kappa shape index (κ2) is 4.44. The van der Waals surface area contributed by atoms with Crippen molar-refractivity contribution < 1.29 is 14.3 Å². The van der Waals surface area contributed by atoms with Gasteiger partial charge < -0.3 is 10.1 Å². The minimum absolute atomic E-state index is 0.109. The summed E-state index contributed by atoms with van der Waals surface area (Å²) in [5.41, 5.74) is 0. The number of carbonyl (C=O) groups excluding carboxylic acids is 2. The lowest BCUT2D eigenvalue weighted by Crippen LogP contribution is -2.39. The van der Waals surface area contributed by atoms with Gasteiger partial charge in [0.2, 0.25) is 5.91 Å². The van der Waals surface area contributed by atoms with Crippen molar-refractivity contribution in [3.05, 3.63) is 0 Å². The summed E-state index contributed by atoms with van der Waals surface area (Å²) in [7, 11) is 0.